The minimum absolute atomic E-state index is 1.01. The van der Waals surface area contributed by atoms with Crippen LogP contribution in [0.1, 0.15) is 22.3 Å². The zero-order chi connectivity index (χ0) is 23.0. The molecule has 0 amide bonds. The maximum atomic E-state index is 3.23. The average molecular weight is 431 g/mol. The monoisotopic (exact) mass is 430 g/mol. The van der Waals surface area contributed by atoms with Crippen molar-refractivity contribution < 1.29 is 0 Å². The Balaban J connectivity index is 1.27. The lowest BCUT2D eigenvalue weighted by Crippen LogP contribution is -1.82. The van der Waals surface area contributed by atoms with E-state index >= 15 is 0 Å². The van der Waals surface area contributed by atoms with Crippen LogP contribution >= 0.6 is 0 Å². The zero-order valence-corrected chi connectivity index (χ0v) is 18.7. The van der Waals surface area contributed by atoms with Crippen LogP contribution in [0, 0.1) is 23.7 Å². The van der Waals surface area contributed by atoms with E-state index < -0.39 is 0 Å². The van der Waals surface area contributed by atoms with E-state index in [4.69, 9.17) is 0 Å². The van der Waals surface area contributed by atoms with Gasteiger partial charge in [-0.1, -0.05) is 109 Å². The average Bonchev–Trinajstić information content (AvgIpc) is 2.93. The van der Waals surface area contributed by atoms with Crippen molar-refractivity contribution in [3.8, 4) is 45.9 Å². The summed E-state index contributed by atoms with van der Waals surface area (Å²) in [7, 11) is 0. The lowest BCUT2D eigenvalue weighted by molar-refractivity contribution is 1.56. The SMILES string of the molecule is C(#Cc1ccc(-c2ccc(-c3ccc(C#Cc4ccccc4)cc3)cc2)cc1)c1ccccc1. The third-order valence-electron chi connectivity index (χ3n) is 5.57. The number of benzene rings is 5. The zero-order valence-electron chi connectivity index (χ0n) is 18.7. The molecule has 0 spiro atoms. The lowest BCUT2D eigenvalue weighted by Gasteiger charge is -2.06. The van der Waals surface area contributed by atoms with Crippen molar-refractivity contribution in [1.82, 2.24) is 0 Å². The van der Waals surface area contributed by atoms with E-state index in [1.54, 1.807) is 0 Å². The summed E-state index contributed by atoms with van der Waals surface area (Å²) < 4.78 is 0. The summed E-state index contributed by atoms with van der Waals surface area (Å²) >= 11 is 0. The molecule has 0 aliphatic rings. The second-order valence-corrected chi connectivity index (χ2v) is 7.96. The van der Waals surface area contributed by atoms with E-state index in [0.717, 1.165) is 22.3 Å². The Morgan fingerprint density at radius 2 is 0.471 bits per heavy atom. The number of hydrogen-bond acceptors (Lipinski definition) is 0. The molecule has 0 N–H and O–H groups in total. The van der Waals surface area contributed by atoms with Gasteiger partial charge in [0.15, 0.2) is 0 Å². The van der Waals surface area contributed by atoms with Crippen LogP contribution in [0.5, 0.6) is 0 Å². The van der Waals surface area contributed by atoms with E-state index in [-0.39, 0.29) is 0 Å². The highest BCUT2D eigenvalue weighted by atomic mass is 14.1. The molecule has 34 heavy (non-hydrogen) atoms. The second-order valence-electron chi connectivity index (χ2n) is 7.96. The maximum absolute atomic E-state index is 3.23. The van der Waals surface area contributed by atoms with Crippen LogP contribution < -0.4 is 0 Å². The van der Waals surface area contributed by atoms with Crippen LogP contribution in [0.15, 0.2) is 133 Å². The first-order valence-electron chi connectivity index (χ1n) is 11.3. The van der Waals surface area contributed by atoms with Crippen LogP contribution in [0.2, 0.25) is 0 Å². The summed E-state index contributed by atoms with van der Waals surface area (Å²) in [6, 6.07) is 45.6. The number of hydrogen-bond donors (Lipinski definition) is 0. The molecule has 0 heteroatoms. The van der Waals surface area contributed by atoms with Crippen LogP contribution in [-0.4, -0.2) is 0 Å². The molecule has 0 atom stereocenters. The number of rotatable bonds is 2. The molecule has 0 unspecified atom stereocenters. The summed E-state index contributed by atoms with van der Waals surface area (Å²) in [6.07, 6.45) is 0. The third-order valence-corrected chi connectivity index (χ3v) is 5.57. The molecule has 0 aliphatic carbocycles. The minimum Gasteiger partial charge on any atom is -0.0622 e. The molecule has 0 nitrogen and oxygen atoms in total. The van der Waals surface area contributed by atoms with Crippen LogP contribution in [0.4, 0.5) is 0 Å². The van der Waals surface area contributed by atoms with Crippen molar-refractivity contribution in [1.29, 1.82) is 0 Å². The molecular formula is C34H22. The first-order chi connectivity index (χ1) is 16.8. The Kier molecular flexibility index (Phi) is 6.34. The van der Waals surface area contributed by atoms with Crippen molar-refractivity contribution in [2.45, 2.75) is 0 Å². The van der Waals surface area contributed by atoms with Gasteiger partial charge >= 0.3 is 0 Å². The molecule has 5 aromatic carbocycles. The fourth-order valence-electron chi connectivity index (χ4n) is 3.68. The highest BCUT2D eigenvalue weighted by molar-refractivity contribution is 5.71. The smallest absolute Gasteiger partial charge is 0.0249 e. The summed E-state index contributed by atoms with van der Waals surface area (Å²) in [6.45, 7) is 0. The summed E-state index contributed by atoms with van der Waals surface area (Å²) in [5.74, 6) is 12.9. The highest BCUT2D eigenvalue weighted by Crippen LogP contribution is 2.25. The van der Waals surface area contributed by atoms with E-state index in [2.05, 4.69) is 96.5 Å². The Morgan fingerprint density at radius 1 is 0.235 bits per heavy atom. The standard InChI is InChI=1S/C34H22/c1-3-7-27(8-4-1)11-13-29-15-19-31(20-16-29)33-23-25-34(26-24-33)32-21-17-30(18-22-32)14-12-28-9-5-2-6-10-28/h1-10,15-26H. The normalized spacial score (nSPS) is 9.88. The quantitative estimate of drug-likeness (QED) is 0.250. The minimum atomic E-state index is 1.01. The first kappa shape index (κ1) is 21.1. The molecule has 0 fully saturated rings. The Labute approximate surface area is 201 Å². The third kappa shape index (κ3) is 5.34. The van der Waals surface area contributed by atoms with E-state index in [0.29, 0.717) is 0 Å². The maximum Gasteiger partial charge on any atom is 0.0249 e. The van der Waals surface area contributed by atoms with Crippen molar-refractivity contribution in [2.24, 2.45) is 0 Å². The highest BCUT2D eigenvalue weighted by Gasteiger charge is 2.01. The molecule has 0 saturated carbocycles. The van der Waals surface area contributed by atoms with Crippen LogP contribution in [0.25, 0.3) is 22.3 Å². The van der Waals surface area contributed by atoms with E-state index in [1.807, 2.05) is 60.7 Å². The Morgan fingerprint density at radius 3 is 0.765 bits per heavy atom. The fourth-order valence-corrected chi connectivity index (χ4v) is 3.68. The van der Waals surface area contributed by atoms with Crippen LogP contribution in [-0.2, 0) is 0 Å². The van der Waals surface area contributed by atoms with Crippen molar-refractivity contribution in [3.05, 3.63) is 156 Å². The Bertz CT molecular complexity index is 1360. The topological polar surface area (TPSA) is 0 Å². The van der Waals surface area contributed by atoms with E-state index in [1.165, 1.54) is 22.3 Å². The first-order valence-corrected chi connectivity index (χ1v) is 11.3. The van der Waals surface area contributed by atoms with Gasteiger partial charge in [0.05, 0.1) is 0 Å². The van der Waals surface area contributed by atoms with Crippen molar-refractivity contribution in [2.75, 3.05) is 0 Å². The van der Waals surface area contributed by atoms with E-state index in [9.17, 15) is 0 Å². The summed E-state index contributed by atoms with van der Waals surface area (Å²) in [5.41, 5.74) is 8.83. The molecule has 0 aromatic heterocycles. The van der Waals surface area contributed by atoms with Gasteiger partial charge in [0.1, 0.15) is 0 Å². The molecular weight excluding hydrogens is 408 g/mol. The van der Waals surface area contributed by atoms with Gasteiger partial charge in [-0.25, -0.2) is 0 Å². The lowest BCUT2D eigenvalue weighted by atomic mass is 9.99. The van der Waals surface area contributed by atoms with Gasteiger partial charge in [0, 0.05) is 22.3 Å². The molecule has 5 aromatic rings. The van der Waals surface area contributed by atoms with Gasteiger partial charge in [0.2, 0.25) is 0 Å². The van der Waals surface area contributed by atoms with Gasteiger partial charge < -0.3 is 0 Å². The second kappa shape index (κ2) is 10.2. The van der Waals surface area contributed by atoms with Gasteiger partial charge in [-0.2, -0.15) is 0 Å². The van der Waals surface area contributed by atoms with Gasteiger partial charge in [-0.05, 0) is 70.8 Å². The van der Waals surface area contributed by atoms with Crippen molar-refractivity contribution in [3.63, 3.8) is 0 Å². The molecule has 0 bridgehead atoms. The largest absolute Gasteiger partial charge is 0.0622 e. The van der Waals surface area contributed by atoms with Crippen molar-refractivity contribution >= 4 is 0 Å². The molecule has 0 saturated heterocycles. The molecule has 0 aliphatic heterocycles. The molecule has 158 valence electrons. The van der Waals surface area contributed by atoms with Gasteiger partial charge in [-0.15, -0.1) is 0 Å². The Hall–Kier alpha value is -4.78. The fraction of sp³-hybridized carbons (Fsp3) is 0. The predicted octanol–water partition coefficient (Wildman–Crippen LogP) is 7.82. The van der Waals surface area contributed by atoms with Crippen LogP contribution in [0.3, 0.4) is 0 Å². The van der Waals surface area contributed by atoms with Gasteiger partial charge in [-0.3, -0.25) is 0 Å². The molecule has 0 heterocycles. The molecule has 5 rings (SSSR count). The predicted molar refractivity (Wildman–Crippen MR) is 142 cm³/mol. The summed E-state index contributed by atoms with van der Waals surface area (Å²) in [5, 5.41) is 0. The van der Waals surface area contributed by atoms with Gasteiger partial charge in [0.25, 0.3) is 0 Å². The molecule has 0 radical (unpaired) electrons. The summed E-state index contributed by atoms with van der Waals surface area (Å²) in [4.78, 5) is 0.